The summed E-state index contributed by atoms with van der Waals surface area (Å²) in [7, 11) is 0. The number of carbonyl (C=O) groups excluding carboxylic acids is 1. The van der Waals surface area contributed by atoms with Crippen LogP contribution < -0.4 is 10.1 Å². The highest BCUT2D eigenvalue weighted by molar-refractivity contribution is 5.89. The number of benzene rings is 2. The lowest BCUT2D eigenvalue weighted by Gasteiger charge is -2.31. The van der Waals surface area contributed by atoms with E-state index in [1.54, 1.807) is 42.5 Å². The Bertz CT molecular complexity index is 1780. The Labute approximate surface area is 277 Å². The second-order valence-electron chi connectivity index (χ2n) is 11.6. The van der Waals surface area contributed by atoms with E-state index in [9.17, 15) is 31.1 Å². The zero-order chi connectivity index (χ0) is 36.0. The molecule has 0 saturated heterocycles. The third-order valence-electron chi connectivity index (χ3n) is 6.66. The maximum Gasteiger partial charge on any atom is 0.426 e. The molecule has 0 aliphatic heterocycles. The second-order valence-corrected chi connectivity index (χ2v) is 11.6. The number of rotatable bonds is 12. The molecule has 1 atom stereocenters. The summed E-state index contributed by atoms with van der Waals surface area (Å²) in [5.74, 6) is -2.90. The number of nitrogens with one attached hydrogen (secondary N) is 1. The summed E-state index contributed by atoms with van der Waals surface area (Å²) in [5, 5.41) is 9.46. The number of ether oxygens (including phenoxy) is 3. The Hall–Kier alpha value is -5.18. The van der Waals surface area contributed by atoms with Crippen LogP contribution in [0.25, 0.3) is 11.6 Å². The van der Waals surface area contributed by atoms with Crippen LogP contribution in [0.15, 0.2) is 90.4 Å². The Kier molecular flexibility index (Phi) is 10.9. The summed E-state index contributed by atoms with van der Waals surface area (Å²) in [4.78, 5) is 16.7. The van der Waals surface area contributed by atoms with Gasteiger partial charge in [0.15, 0.2) is 5.69 Å². The molecule has 2 heterocycles. The number of hydrogen-bond acceptors (Lipinski definition) is 8. The fourth-order valence-corrected chi connectivity index (χ4v) is 4.47. The second kappa shape index (κ2) is 14.5. The minimum Gasteiger partial charge on any atom is -0.444 e. The fourth-order valence-electron chi connectivity index (χ4n) is 4.47. The first-order valence-corrected chi connectivity index (χ1v) is 14.7. The number of pyridine rings is 1. The SMILES string of the molecule is C=CCc1ccccc1Oc1nc(-c2nnc(C(CC=C)(OCc3ccccc3)C(F)(F)F)o2)c(NC(=O)OC(C)(C)C)cc1C(F)(F)F. The van der Waals surface area contributed by atoms with Gasteiger partial charge in [-0.05, 0) is 50.5 Å². The van der Waals surface area contributed by atoms with Gasteiger partial charge in [-0.3, -0.25) is 5.32 Å². The van der Waals surface area contributed by atoms with Crippen LogP contribution in [0, 0.1) is 0 Å². The van der Waals surface area contributed by atoms with Gasteiger partial charge in [-0.2, -0.15) is 26.3 Å². The van der Waals surface area contributed by atoms with Gasteiger partial charge in [0.25, 0.3) is 11.8 Å². The Balaban J connectivity index is 1.91. The molecule has 1 unspecified atom stereocenters. The van der Waals surface area contributed by atoms with E-state index in [2.05, 4.69) is 33.7 Å². The molecule has 15 heteroatoms. The van der Waals surface area contributed by atoms with E-state index in [1.807, 2.05) is 0 Å². The molecule has 2 aromatic carbocycles. The predicted molar refractivity (Wildman–Crippen MR) is 167 cm³/mol. The van der Waals surface area contributed by atoms with Crippen molar-refractivity contribution in [2.24, 2.45) is 0 Å². The smallest absolute Gasteiger partial charge is 0.426 e. The number of halogens is 6. The number of anilines is 1. The molecule has 260 valence electrons. The molecule has 4 rings (SSSR count). The predicted octanol–water partition coefficient (Wildman–Crippen LogP) is 9.57. The van der Waals surface area contributed by atoms with E-state index in [-0.39, 0.29) is 12.2 Å². The van der Waals surface area contributed by atoms with Crippen molar-refractivity contribution in [1.82, 2.24) is 15.2 Å². The van der Waals surface area contributed by atoms with Gasteiger partial charge in [-0.1, -0.05) is 60.7 Å². The molecule has 0 fully saturated rings. The molecule has 0 aliphatic carbocycles. The number of nitrogens with zero attached hydrogens (tertiary/aromatic N) is 3. The van der Waals surface area contributed by atoms with E-state index in [0.29, 0.717) is 17.2 Å². The number of alkyl halides is 6. The Morgan fingerprint density at radius 2 is 1.61 bits per heavy atom. The molecule has 9 nitrogen and oxygen atoms in total. The fraction of sp³-hybridized carbons (Fsp3) is 0.294. The lowest BCUT2D eigenvalue weighted by Crippen LogP contribution is -2.45. The van der Waals surface area contributed by atoms with Gasteiger partial charge >= 0.3 is 18.4 Å². The van der Waals surface area contributed by atoms with Crippen molar-refractivity contribution in [3.63, 3.8) is 0 Å². The Morgan fingerprint density at radius 1 is 0.939 bits per heavy atom. The highest BCUT2D eigenvalue weighted by Gasteiger charge is 2.61. The monoisotopic (exact) mass is 690 g/mol. The van der Waals surface area contributed by atoms with Gasteiger partial charge in [0.2, 0.25) is 11.5 Å². The van der Waals surface area contributed by atoms with Gasteiger partial charge in [0.05, 0.1) is 12.3 Å². The molecule has 0 spiro atoms. The molecule has 1 amide bonds. The molecular weight excluding hydrogens is 658 g/mol. The number of para-hydroxylation sites is 1. The normalized spacial score (nSPS) is 13.3. The van der Waals surface area contributed by atoms with Crippen molar-refractivity contribution >= 4 is 11.8 Å². The lowest BCUT2D eigenvalue weighted by atomic mass is 9.98. The molecule has 0 radical (unpaired) electrons. The Morgan fingerprint density at radius 3 is 2.22 bits per heavy atom. The number of carbonyl (C=O) groups is 1. The third-order valence-corrected chi connectivity index (χ3v) is 6.66. The van der Waals surface area contributed by atoms with Gasteiger partial charge in [-0.25, -0.2) is 9.78 Å². The molecule has 2 aromatic heterocycles. The lowest BCUT2D eigenvalue weighted by molar-refractivity contribution is -0.295. The zero-order valence-electron chi connectivity index (χ0n) is 26.6. The van der Waals surface area contributed by atoms with Crippen LogP contribution in [0.3, 0.4) is 0 Å². The quantitative estimate of drug-likeness (QED) is 0.116. The first-order valence-electron chi connectivity index (χ1n) is 14.7. The van der Waals surface area contributed by atoms with Crippen molar-refractivity contribution in [2.45, 2.75) is 63.8 Å². The average molecular weight is 691 g/mol. The summed E-state index contributed by atoms with van der Waals surface area (Å²) >= 11 is 0. The maximum atomic E-state index is 14.8. The van der Waals surface area contributed by atoms with Crippen LogP contribution in [0.5, 0.6) is 11.6 Å². The number of amides is 1. The molecule has 0 aliphatic rings. The standard InChI is InChI=1S/C34H32F6N4O5/c1-6-13-22-16-11-12-17-25(22)47-27-23(33(35,36)37)19-24(41-30(45)49-31(3,4)5)26(42-27)28-43-44-29(48-28)32(18-7-2,34(38,39)40)46-20-21-14-9-8-10-15-21/h6-12,14-17,19H,1-2,13,18,20H2,3-5H3,(H,41,45). The van der Waals surface area contributed by atoms with Crippen LogP contribution in [-0.2, 0) is 34.3 Å². The summed E-state index contributed by atoms with van der Waals surface area (Å²) in [5.41, 5.74) is -6.19. The molecule has 4 aromatic rings. The highest BCUT2D eigenvalue weighted by Crippen LogP contribution is 2.47. The van der Waals surface area contributed by atoms with Gasteiger partial charge in [-0.15, -0.1) is 23.4 Å². The van der Waals surface area contributed by atoms with E-state index in [0.717, 1.165) is 6.08 Å². The van der Waals surface area contributed by atoms with Crippen LogP contribution in [0.1, 0.15) is 49.8 Å². The molecule has 0 saturated carbocycles. The summed E-state index contributed by atoms with van der Waals surface area (Å²) < 4.78 is 110. The first kappa shape index (κ1) is 36.7. The van der Waals surface area contributed by atoms with E-state index >= 15 is 0 Å². The minimum atomic E-state index is -5.14. The number of aromatic nitrogens is 3. The summed E-state index contributed by atoms with van der Waals surface area (Å²) in [6, 6.07) is 14.6. The van der Waals surface area contributed by atoms with Crippen molar-refractivity contribution in [3.05, 3.63) is 109 Å². The summed E-state index contributed by atoms with van der Waals surface area (Å²) in [6.45, 7) is 11.1. The largest absolute Gasteiger partial charge is 0.444 e. The van der Waals surface area contributed by atoms with Gasteiger partial charge in [0, 0.05) is 6.42 Å². The maximum absolute atomic E-state index is 14.8. The molecule has 49 heavy (non-hydrogen) atoms. The minimum absolute atomic E-state index is 0.0122. The van der Waals surface area contributed by atoms with Gasteiger partial charge in [0.1, 0.15) is 16.9 Å². The highest BCUT2D eigenvalue weighted by atomic mass is 19.4. The first-order chi connectivity index (χ1) is 23.0. The number of hydrogen-bond donors (Lipinski definition) is 1. The van der Waals surface area contributed by atoms with Crippen molar-refractivity contribution in [3.8, 4) is 23.2 Å². The average Bonchev–Trinajstić information content (AvgIpc) is 3.50. The van der Waals surface area contributed by atoms with Gasteiger partial charge < -0.3 is 18.6 Å². The topological polar surface area (TPSA) is 109 Å². The third kappa shape index (κ3) is 8.84. The van der Waals surface area contributed by atoms with E-state index < -0.39 is 77.3 Å². The van der Waals surface area contributed by atoms with Crippen molar-refractivity contribution in [2.75, 3.05) is 5.32 Å². The molecule has 0 bridgehead atoms. The van der Waals surface area contributed by atoms with Crippen LogP contribution >= 0.6 is 0 Å². The van der Waals surface area contributed by atoms with Crippen LogP contribution in [0.4, 0.5) is 36.8 Å². The zero-order valence-corrected chi connectivity index (χ0v) is 26.6. The number of allylic oxidation sites excluding steroid dienone is 1. The van der Waals surface area contributed by atoms with Crippen molar-refractivity contribution in [1.29, 1.82) is 0 Å². The molecule has 1 N–H and O–H groups in total. The van der Waals surface area contributed by atoms with Crippen LogP contribution in [0.2, 0.25) is 0 Å². The molecular formula is C34H32F6N4O5. The van der Waals surface area contributed by atoms with Crippen LogP contribution in [-0.4, -0.2) is 33.1 Å². The van der Waals surface area contributed by atoms with E-state index in [1.165, 1.54) is 39.0 Å². The summed E-state index contributed by atoms with van der Waals surface area (Å²) in [6.07, 6.45) is -9.62. The van der Waals surface area contributed by atoms with Crippen molar-refractivity contribution < 1.29 is 49.8 Å². The van der Waals surface area contributed by atoms with E-state index in [4.69, 9.17) is 18.6 Å².